The number of amides is 2. The number of carbonyl (C=O) groups is 2. The molecule has 33 heavy (non-hydrogen) atoms. The molecule has 3 aromatic rings. The fraction of sp³-hybridized carbons (Fsp3) is 0.160. The van der Waals surface area contributed by atoms with Gasteiger partial charge in [0, 0.05) is 23.2 Å². The van der Waals surface area contributed by atoms with Crippen LogP contribution in [0.15, 0.2) is 71.8 Å². The molecule has 0 unspecified atom stereocenters. The van der Waals surface area contributed by atoms with Crippen molar-refractivity contribution in [2.24, 2.45) is 5.10 Å². The first-order valence-electron chi connectivity index (χ1n) is 10.3. The minimum atomic E-state index is -0.367. The minimum Gasteiger partial charge on any atom is -0.490 e. The van der Waals surface area contributed by atoms with Crippen LogP contribution in [0.2, 0.25) is 5.02 Å². The van der Waals surface area contributed by atoms with Crippen LogP contribution < -0.4 is 20.2 Å². The monoisotopic (exact) mass is 465 g/mol. The molecule has 0 saturated heterocycles. The van der Waals surface area contributed by atoms with Crippen LogP contribution in [0, 0.1) is 0 Å². The van der Waals surface area contributed by atoms with E-state index in [9.17, 15) is 9.59 Å². The maximum absolute atomic E-state index is 12.3. The predicted molar refractivity (Wildman–Crippen MR) is 129 cm³/mol. The van der Waals surface area contributed by atoms with E-state index in [0.717, 1.165) is 11.1 Å². The van der Waals surface area contributed by atoms with Crippen molar-refractivity contribution < 1.29 is 19.1 Å². The Morgan fingerprint density at radius 3 is 2.36 bits per heavy atom. The van der Waals surface area contributed by atoms with Gasteiger partial charge in [0.2, 0.25) is 5.91 Å². The molecule has 0 heterocycles. The summed E-state index contributed by atoms with van der Waals surface area (Å²) in [5, 5.41) is 7.34. The maximum Gasteiger partial charge on any atom is 0.271 e. The van der Waals surface area contributed by atoms with Gasteiger partial charge in [-0.1, -0.05) is 23.7 Å². The molecule has 170 valence electrons. The molecular formula is C25H24ClN3O4. The zero-order valence-corrected chi connectivity index (χ0v) is 19.1. The highest BCUT2D eigenvalue weighted by molar-refractivity contribution is 6.30. The van der Waals surface area contributed by atoms with Crippen LogP contribution in [-0.4, -0.2) is 24.6 Å². The van der Waals surface area contributed by atoms with Gasteiger partial charge in [0.1, 0.15) is 6.61 Å². The SMILES string of the molecule is CCOc1cc(/C=N\NC(=O)c2ccc(NC(C)=O)cc2)ccc1OCc1ccc(Cl)cc1. The molecule has 0 radical (unpaired) electrons. The third kappa shape index (κ3) is 7.36. The third-order valence-electron chi connectivity index (χ3n) is 4.42. The summed E-state index contributed by atoms with van der Waals surface area (Å²) >= 11 is 5.92. The zero-order chi connectivity index (χ0) is 23.6. The Morgan fingerprint density at radius 1 is 0.970 bits per heavy atom. The summed E-state index contributed by atoms with van der Waals surface area (Å²) in [6.07, 6.45) is 1.52. The highest BCUT2D eigenvalue weighted by Crippen LogP contribution is 2.29. The summed E-state index contributed by atoms with van der Waals surface area (Å²) in [7, 11) is 0. The summed E-state index contributed by atoms with van der Waals surface area (Å²) in [6.45, 7) is 4.16. The molecular weight excluding hydrogens is 442 g/mol. The molecule has 0 bridgehead atoms. The Hall–Kier alpha value is -3.84. The first kappa shape index (κ1) is 23.8. The van der Waals surface area contributed by atoms with Crippen molar-refractivity contribution in [3.63, 3.8) is 0 Å². The van der Waals surface area contributed by atoms with Crippen molar-refractivity contribution in [1.82, 2.24) is 5.43 Å². The molecule has 7 nitrogen and oxygen atoms in total. The molecule has 0 fully saturated rings. The number of anilines is 1. The van der Waals surface area contributed by atoms with E-state index in [0.29, 0.717) is 41.0 Å². The average molecular weight is 466 g/mol. The topological polar surface area (TPSA) is 89.0 Å². The molecule has 0 aromatic heterocycles. The van der Waals surface area contributed by atoms with E-state index in [1.165, 1.54) is 13.1 Å². The first-order valence-corrected chi connectivity index (χ1v) is 10.7. The highest BCUT2D eigenvalue weighted by Gasteiger charge is 2.08. The lowest BCUT2D eigenvalue weighted by Gasteiger charge is -2.12. The number of carbonyl (C=O) groups excluding carboxylic acids is 2. The molecule has 3 rings (SSSR count). The molecule has 0 atom stereocenters. The number of benzene rings is 3. The van der Waals surface area contributed by atoms with Crippen molar-refractivity contribution in [3.05, 3.63) is 88.4 Å². The van der Waals surface area contributed by atoms with E-state index in [1.54, 1.807) is 36.4 Å². The van der Waals surface area contributed by atoms with E-state index in [4.69, 9.17) is 21.1 Å². The van der Waals surface area contributed by atoms with Gasteiger partial charge in [0.25, 0.3) is 5.91 Å². The van der Waals surface area contributed by atoms with Crippen molar-refractivity contribution in [2.45, 2.75) is 20.5 Å². The van der Waals surface area contributed by atoms with E-state index < -0.39 is 0 Å². The summed E-state index contributed by atoms with van der Waals surface area (Å²) in [4.78, 5) is 23.3. The van der Waals surface area contributed by atoms with Crippen LogP contribution in [0.25, 0.3) is 0 Å². The van der Waals surface area contributed by atoms with E-state index in [-0.39, 0.29) is 11.8 Å². The van der Waals surface area contributed by atoms with Crippen LogP contribution in [0.3, 0.4) is 0 Å². The number of hydrogen-bond acceptors (Lipinski definition) is 5. The van der Waals surface area contributed by atoms with Gasteiger partial charge in [-0.3, -0.25) is 9.59 Å². The standard InChI is InChI=1S/C25H24ClN3O4/c1-3-32-24-14-19(6-13-23(24)33-16-18-4-9-21(26)10-5-18)15-27-29-25(31)20-7-11-22(12-8-20)28-17(2)30/h4-15H,3,16H2,1-2H3,(H,28,30)(H,29,31)/b27-15-. The lowest BCUT2D eigenvalue weighted by atomic mass is 10.2. The minimum absolute atomic E-state index is 0.176. The van der Waals surface area contributed by atoms with Crippen molar-refractivity contribution >= 4 is 35.3 Å². The van der Waals surface area contributed by atoms with Crippen LogP contribution in [0.5, 0.6) is 11.5 Å². The average Bonchev–Trinajstić information content (AvgIpc) is 2.80. The zero-order valence-electron chi connectivity index (χ0n) is 18.3. The second-order valence-electron chi connectivity index (χ2n) is 7.01. The molecule has 8 heteroatoms. The van der Waals surface area contributed by atoms with Gasteiger partial charge in [-0.15, -0.1) is 0 Å². The second kappa shape index (κ2) is 11.7. The van der Waals surface area contributed by atoms with Crippen LogP contribution >= 0.6 is 11.6 Å². The Balaban J connectivity index is 1.61. The van der Waals surface area contributed by atoms with E-state index in [1.807, 2.05) is 37.3 Å². The summed E-state index contributed by atoms with van der Waals surface area (Å²) in [5.74, 6) is 0.640. The predicted octanol–water partition coefficient (Wildman–Crippen LogP) is 5.04. The quantitative estimate of drug-likeness (QED) is 0.342. The number of rotatable bonds is 9. The van der Waals surface area contributed by atoms with Gasteiger partial charge >= 0.3 is 0 Å². The first-order chi connectivity index (χ1) is 15.9. The summed E-state index contributed by atoms with van der Waals surface area (Å²) in [5.41, 5.74) is 5.24. The van der Waals surface area contributed by atoms with Gasteiger partial charge in [-0.05, 0) is 72.6 Å². The fourth-order valence-electron chi connectivity index (χ4n) is 2.87. The third-order valence-corrected chi connectivity index (χ3v) is 4.67. The number of hydrogen-bond donors (Lipinski definition) is 2. The van der Waals surface area contributed by atoms with Crippen molar-refractivity contribution in [3.8, 4) is 11.5 Å². The molecule has 0 spiro atoms. The van der Waals surface area contributed by atoms with E-state index in [2.05, 4.69) is 15.8 Å². The normalized spacial score (nSPS) is 10.6. The van der Waals surface area contributed by atoms with Gasteiger partial charge in [0.15, 0.2) is 11.5 Å². The molecule has 3 aromatic carbocycles. The lowest BCUT2D eigenvalue weighted by Crippen LogP contribution is -2.17. The molecule has 0 aliphatic rings. The Labute approximate surface area is 197 Å². The van der Waals surface area contributed by atoms with Crippen molar-refractivity contribution in [2.75, 3.05) is 11.9 Å². The summed E-state index contributed by atoms with van der Waals surface area (Å²) < 4.78 is 11.6. The van der Waals surface area contributed by atoms with Gasteiger partial charge in [-0.2, -0.15) is 5.10 Å². The van der Waals surface area contributed by atoms with Gasteiger partial charge in [-0.25, -0.2) is 5.43 Å². The molecule has 2 N–H and O–H groups in total. The highest BCUT2D eigenvalue weighted by atomic mass is 35.5. The number of nitrogens with zero attached hydrogens (tertiary/aromatic N) is 1. The number of nitrogens with one attached hydrogen (secondary N) is 2. The molecule has 2 amide bonds. The number of ether oxygens (including phenoxy) is 2. The maximum atomic E-state index is 12.3. The fourth-order valence-corrected chi connectivity index (χ4v) is 3.00. The van der Waals surface area contributed by atoms with Crippen molar-refractivity contribution in [1.29, 1.82) is 0 Å². The van der Waals surface area contributed by atoms with Gasteiger partial charge < -0.3 is 14.8 Å². The Kier molecular flexibility index (Phi) is 8.43. The molecule has 0 aliphatic carbocycles. The Bertz CT molecular complexity index is 1130. The van der Waals surface area contributed by atoms with E-state index >= 15 is 0 Å². The smallest absolute Gasteiger partial charge is 0.271 e. The largest absolute Gasteiger partial charge is 0.490 e. The van der Waals surface area contributed by atoms with Crippen LogP contribution in [-0.2, 0) is 11.4 Å². The second-order valence-corrected chi connectivity index (χ2v) is 7.45. The summed E-state index contributed by atoms with van der Waals surface area (Å²) in [6, 6.07) is 19.4. The van der Waals surface area contributed by atoms with Gasteiger partial charge in [0.05, 0.1) is 12.8 Å². The molecule has 0 aliphatic heterocycles. The molecule has 0 saturated carbocycles. The lowest BCUT2D eigenvalue weighted by molar-refractivity contribution is -0.114. The number of hydrazone groups is 1. The van der Waals surface area contributed by atoms with Crippen LogP contribution in [0.1, 0.15) is 35.3 Å². The Morgan fingerprint density at radius 2 is 1.70 bits per heavy atom. The number of halogens is 1. The van der Waals surface area contributed by atoms with Crippen LogP contribution in [0.4, 0.5) is 5.69 Å².